The molecule has 0 aliphatic rings. The highest BCUT2D eigenvalue weighted by molar-refractivity contribution is 9.10. The number of nitrogens with one attached hydrogen (secondary N) is 1. The van der Waals surface area contributed by atoms with Gasteiger partial charge >= 0.3 is 0 Å². The predicted octanol–water partition coefficient (Wildman–Crippen LogP) is 3.78. The maximum Gasteiger partial charge on any atom is 0.129 e. The molecule has 2 aromatic carbocycles. The Kier molecular flexibility index (Phi) is 4.86. The molecule has 0 aliphatic carbocycles. The summed E-state index contributed by atoms with van der Waals surface area (Å²) >= 11 is 3.42. The van der Waals surface area contributed by atoms with E-state index in [1.165, 1.54) is 18.2 Å². The van der Waals surface area contributed by atoms with E-state index in [9.17, 15) is 8.78 Å². The van der Waals surface area contributed by atoms with Crippen LogP contribution in [0.25, 0.3) is 0 Å². The van der Waals surface area contributed by atoms with Gasteiger partial charge in [-0.25, -0.2) is 8.78 Å². The summed E-state index contributed by atoms with van der Waals surface area (Å²) in [6.45, 7) is 1.95. The van der Waals surface area contributed by atoms with Crippen molar-refractivity contribution >= 4 is 15.9 Å². The Morgan fingerprint density at radius 2 is 1.85 bits per heavy atom. The predicted molar refractivity (Wildman–Crippen MR) is 79.0 cm³/mol. The normalized spacial score (nSPS) is 12.4. The van der Waals surface area contributed by atoms with Crippen LogP contribution in [0.1, 0.15) is 22.7 Å². The molecule has 0 radical (unpaired) electrons. The lowest BCUT2D eigenvalue weighted by Gasteiger charge is -2.18. The molecular weight excluding hydrogens is 326 g/mol. The van der Waals surface area contributed by atoms with Gasteiger partial charge in [0.1, 0.15) is 11.6 Å². The van der Waals surface area contributed by atoms with Crippen LogP contribution in [0.15, 0.2) is 40.9 Å². The second-order valence-corrected chi connectivity index (χ2v) is 5.49. The third-order valence-corrected chi connectivity index (χ3v) is 4.15. The number of aryl methyl sites for hydroxylation is 1. The molecule has 0 saturated carbocycles. The third-order valence-electron chi connectivity index (χ3n) is 3.26. The average molecular weight is 341 g/mol. The van der Waals surface area contributed by atoms with Crippen LogP contribution in [0.5, 0.6) is 0 Å². The van der Waals surface area contributed by atoms with Gasteiger partial charge in [-0.05, 0) is 42.7 Å². The number of nitrogens with two attached hydrogens (primary N) is 1. The molecule has 0 bridgehead atoms. The molecule has 20 heavy (non-hydrogen) atoms. The highest BCUT2D eigenvalue weighted by Gasteiger charge is 2.17. The summed E-state index contributed by atoms with van der Waals surface area (Å²) in [5, 5.41) is 0. The molecule has 0 aliphatic heterocycles. The highest BCUT2D eigenvalue weighted by atomic mass is 79.9. The van der Waals surface area contributed by atoms with Crippen molar-refractivity contribution in [2.24, 2.45) is 5.84 Å². The summed E-state index contributed by atoms with van der Waals surface area (Å²) in [6, 6.07) is 9.20. The van der Waals surface area contributed by atoms with Gasteiger partial charge in [-0.1, -0.05) is 34.1 Å². The van der Waals surface area contributed by atoms with Crippen molar-refractivity contribution in [2.45, 2.75) is 19.4 Å². The zero-order valence-corrected chi connectivity index (χ0v) is 12.5. The van der Waals surface area contributed by atoms with E-state index in [1.807, 2.05) is 25.1 Å². The molecule has 0 fully saturated rings. The minimum absolute atomic E-state index is 0.0380. The Morgan fingerprint density at radius 1 is 1.20 bits per heavy atom. The number of benzene rings is 2. The molecule has 0 amide bonds. The molecule has 3 N–H and O–H groups in total. The van der Waals surface area contributed by atoms with Crippen LogP contribution < -0.4 is 11.3 Å². The van der Waals surface area contributed by atoms with Gasteiger partial charge in [-0.15, -0.1) is 0 Å². The summed E-state index contributed by atoms with van der Waals surface area (Å²) in [4.78, 5) is 0. The molecule has 1 atom stereocenters. The van der Waals surface area contributed by atoms with E-state index in [0.29, 0.717) is 0 Å². The zero-order valence-electron chi connectivity index (χ0n) is 11.0. The summed E-state index contributed by atoms with van der Waals surface area (Å²) in [5.74, 6) is 4.42. The summed E-state index contributed by atoms with van der Waals surface area (Å²) < 4.78 is 28.4. The highest BCUT2D eigenvalue weighted by Crippen LogP contribution is 2.25. The zero-order chi connectivity index (χ0) is 14.7. The average Bonchev–Trinajstić information content (AvgIpc) is 2.42. The fraction of sp³-hybridized carbons (Fsp3) is 0.200. The molecule has 0 saturated heterocycles. The van der Waals surface area contributed by atoms with Crippen molar-refractivity contribution in [1.29, 1.82) is 0 Å². The van der Waals surface area contributed by atoms with Crippen LogP contribution in [0.4, 0.5) is 8.78 Å². The molecule has 0 heterocycles. The summed E-state index contributed by atoms with van der Waals surface area (Å²) in [5.41, 5.74) is 4.58. The minimum atomic E-state index is -0.556. The first-order valence-corrected chi connectivity index (χ1v) is 6.97. The van der Waals surface area contributed by atoms with Gasteiger partial charge in [0.15, 0.2) is 0 Å². The quantitative estimate of drug-likeness (QED) is 0.656. The molecule has 1 unspecified atom stereocenters. The van der Waals surface area contributed by atoms with Crippen LogP contribution >= 0.6 is 15.9 Å². The van der Waals surface area contributed by atoms with Crippen LogP contribution in [-0.4, -0.2) is 0 Å². The Morgan fingerprint density at radius 3 is 2.40 bits per heavy atom. The first-order valence-electron chi connectivity index (χ1n) is 6.18. The topological polar surface area (TPSA) is 38.0 Å². The largest absolute Gasteiger partial charge is 0.271 e. The van der Waals surface area contributed by atoms with Gasteiger partial charge in [0.25, 0.3) is 0 Å². The standard InChI is InChI=1S/C15H15BrF2N2/c1-9-7-10(5-6-12(9)16)15(20-19)8-11-13(17)3-2-4-14(11)18/h2-7,15,20H,8,19H2,1H3. The first kappa shape index (κ1) is 15.1. The van der Waals surface area contributed by atoms with Crippen molar-refractivity contribution in [2.75, 3.05) is 0 Å². The maximum absolute atomic E-state index is 13.7. The van der Waals surface area contributed by atoms with Gasteiger partial charge in [0.05, 0.1) is 6.04 Å². The van der Waals surface area contributed by atoms with Crippen LogP contribution in [-0.2, 0) is 6.42 Å². The van der Waals surface area contributed by atoms with Crippen LogP contribution in [0, 0.1) is 18.6 Å². The fourth-order valence-electron chi connectivity index (χ4n) is 2.09. The van der Waals surface area contributed by atoms with Gasteiger partial charge in [-0.2, -0.15) is 0 Å². The Bertz CT molecular complexity index is 597. The van der Waals surface area contributed by atoms with Crippen molar-refractivity contribution in [3.05, 3.63) is 69.2 Å². The Balaban J connectivity index is 2.31. The molecule has 2 aromatic rings. The smallest absolute Gasteiger partial charge is 0.129 e. The second kappa shape index (κ2) is 6.43. The minimum Gasteiger partial charge on any atom is -0.271 e. The van der Waals surface area contributed by atoms with Gasteiger partial charge < -0.3 is 0 Å². The monoisotopic (exact) mass is 340 g/mol. The molecule has 106 valence electrons. The second-order valence-electron chi connectivity index (χ2n) is 4.63. The molecule has 0 aromatic heterocycles. The molecule has 2 nitrogen and oxygen atoms in total. The van der Waals surface area contributed by atoms with Crippen LogP contribution in [0.3, 0.4) is 0 Å². The van der Waals surface area contributed by atoms with E-state index in [4.69, 9.17) is 5.84 Å². The van der Waals surface area contributed by atoms with Gasteiger partial charge in [-0.3, -0.25) is 11.3 Å². The fourth-order valence-corrected chi connectivity index (χ4v) is 2.34. The van der Waals surface area contributed by atoms with E-state index in [0.717, 1.165) is 15.6 Å². The molecular formula is C15H15BrF2N2. The lowest BCUT2D eigenvalue weighted by molar-refractivity contribution is 0.500. The number of halogens is 3. The molecule has 0 spiro atoms. The van der Waals surface area contributed by atoms with E-state index in [1.54, 1.807) is 0 Å². The van der Waals surface area contributed by atoms with Crippen LogP contribution in [0.2, 0.25) is 0 Å². The van der Waals surface area contributed by atoms with E-state index in [-0.39, 0.29) is 18.0 Å². The Hall–Kier alpha value is -1.30. The third kappa shape index (κ3) is 3.23. The van der Waals surface area contributed by atoms with Crippen molar-refractivity contribution < 1.29 is 8.78 Å². The molecule has 2 rings (SSSR count). The number of hydrogen-bond donors (Lipinski definition) is 2. The maximum atomic E-state index is 13.7. The number of rotatable bonds is 4. The van der Waals surface area contributed by atoms with Crippen molar-refractivity contribution in [1.82, 2.24) is 5.43 Å². The summed E-state index contributed by atoms with van der Waals surface area (Å²) in [7, 11) is 0. The molecule has 5 heteroatoms. The van der Waals surface area contributed by atoms with E-state index in [2.05, 4.69) is 21.4 Å². The Labute approximate surface area is 125 Å². The SMILES string of the molecule is Cc1cc(C(Cc2c(F)cccc2F)NN)ccc1Br. The first-order chi connectivity index (χ1) is 9.52. The van der Waals surface area contributed by atoms with Crippen molar-refractivity contribution in [3.8, 4) is 0 Å². The van der Waals surface area contributed by atoms with E-state index >= 15 is 0 Å². The van der Waals surface area contributed by atoms with E-state index < -0.39 is 11.6 Å². The lowest BCUT2D eigenvalue weighted by Crippen LogP contribution is -2.30. The van der Waals surface area contributed by atoms with Crippen molar-refractivity contribution in [3.63, 3.8) is 0 Å². The summed E-state index contributed by atoms with van der Waals surface area (Å²) in [6.07, 6.45) is 0.149. The van der Waals surface area contributed by atoms with Gasteiger partial charge in [0, 0.05) is 10.0 Å². The number of hydrogen-bond acceptors (Lipinski definition) is 2. The number of hydrazine groups is 1. The van der Waals surface area contributed by atoms with Gasteiger partial charge in [0.2, 0.25) is 0 Å². The lowest BCUT2D eigenvalue weighted by atomic mass is 9.97.